The van der Waals surface area contributed by atoms with E-state index in [1.807, 2.05) is 18.4 Å². The lowest BCUT2D eigenvalue weighted by Gasteiger charge is -2.42. The van der Waals surface area contributed by atoms with Crippen LogP contribution in [-0.4, -0.2) is 63.4 Å². The summed E-state index contributed by atoms with van der Waals surface area (Å²) in [7, 11) is 0. The summed E-state index contributed by atoms with van der Waals surface area (Å²) in [5.74, 6) is 0.657. The number of hydrogen-bond acceptors (Lipinski definition) is 5. The molecule has 21 heavy (non-hydrogen) atoms. The van der Waals surface area contributed by atoms with E-state index in [4.69, 9.17) is 4.74 Å². The van der Waals surface area contributed by atoms with Gasteiger partial charge in [-0.05, 0) is 20.3 Å². The van der Waals surface area contributed by atoms with Gasteiger partial charge in [0.25, 0.3) is 5.91 Å². The van der Waals surface area contributed by atoms with Crippen molar-refractivity contribution in [2.45, 2.75) is 38.5 Å². The standard InChI is InChI=1S/C14H22N4O3/c1-14(2)9-18(6-10(8-19)21-14)12(20)11-7-17-5-3-4-15-13(17)16-11/h7,10,19H,3-6,8-9H2,1-2H3,(H,15,16). The number of aromatic nitrogens is 2. The van der Waals surface area contributed by atoms with Gasteiger partial charge in [-0.3, -0.25) is 4.79 Å². The SMILES string of the molecule is CC1(C)CN(C(=O)c2cn3c(n2)NCCC3)CC(CO)O1. The first-order chi connectivity index (χ1) is 9.98. The van der Waals surface area contributed by atoms with Gasteiger partial charge in [0.15, 0.2) is 0 Å². The molecule has 1 saturated heterocycles. The van der Waals surface area contributed by atoms with Crippen molar-refractivity contribution in [1.29, 1.82) is 0 Å². The molecule has 2 aliphatic heterocycles. The van der Waals surface area contributed by atoms with Gasteiger partial charge in [0.05, 0.1) is 18.3 Å². The summed E-state index contributed by atoms with van der Waals surface area (Å²) in [4.78, 5) is 18.8. The van der Waals surface area contributed by atoms with Gasteiger partial charge in [0, 0.05) is 32.4 Å². The second kappa shape index (κ2) is 5.31. The summed E-state index contributed by atoms with van der Waals surface area (Å²) in [6.07, 6.45) is 2.50. The minimum Gasteiger partial charge on any atom is -0.394 e. The molecule has 1 unspecified atom stereocenters. The summed E-state index contributed by atoms with van der Waals surface area (Å²) >= 11 is 0. The van der Waals surface area contributed by atoms with E-state index < -0.39 is 5.60 Å². The molecule has 0 bridgehead atoms. The smallest absolute Gasteiger partial charge is 0.274 e. The van der Waals surface area contributed by atoms with Crippen molar-refractivity contribution in [1.82, 2.24) is 14.5 Å². The molecule has 3 heterocycles. The van der Waals surface area contributed by atoms with E-state index in [0.717, 1.165) is 25.5 Å². The molecule has 1 amide bonds. The lowest BCUT2D eigenvalue weighted by molar-refractivity contribution is -0.139. The Morgan fingerprint density at radius 3 is 3.14 bits per heavy atom. The second-order valence-electron chi connectivity index (χ2n) is 6.29. The quantitative estimate of drug-likeness (QED) is 0.820. The Bertz CT molecular complexity index is 517. The number of morpholine rings is 1. The Morgan fingerprint density at radius 1 is 1.62 bits per heavy atom. The first-order valence-corrected chi connectivity index (χ1v) is 7.37. The molecule has 1 atom stereocenters. The Balaban J connectivity index is 1.79. The predicted molar refractivity (Wildman–Crippen MR) is 77.3 cm³/mol. The molecule has 116 valence electrons. The van der Waals surface area contributed by atoms with Gasteiger partial charge in [0.1, 0.15) is 5.69 Å². The lowest BCUT2D eigenvalue weighted by atomic mass is 10.0. The van der Waals surface area contributed by atoms with Gasteiger partial charge in [-0.25, -0.2) is 4.98 Å². The Kier molecular flexibility index (Phi) is 3.62. The number of imidazole rings is 1. The van der Waals surface area contributed by atoms with Gasteiger partial charge in [-0.15, -0.1) is 0 Å². The zero-order valence-corrected chi connectivity index (χ0v) is 12.5. The first-order valence-electron chi connectivity index (χ1n) is 7.37. The first kappa shape index (κ1) is 14.3. The number of ether oxygens (including phenoxy) is 1. The summed E-state index contributed by atoms with van der Waals surface area (Å²) in [6.45, 7) is 6.43. The predicted octanol–water partition coefficient (Wildman–Crippen LogP) is 0.311. The molecule has 0 aliphatic carbocycles. The molecular formula is C14H22N4O3. The number of rotatable bonds is 2. The summed E-state index contributed by atoms with van der Waals surface area (Å²) < 4.78 is 7.72. The van der Waals surface area contributed by atoms with Crippen molar-refractivity contribution in [2.75, 3.05) is 31.6 Å². The Hall–Kier alpha value is -1.60. The van der Waals surface area contributed by atoms with E-state index in [1.165, 1.54) is 0 Å². The van der Waals surface area contributed by atoms with Gasteiger partial charge < -0.3 is 24.6 Å². The topological polar surface area (TPSA) is 79.6 Å². The van der Waals surface area contributed by atoms with Crippen LogP contribution in [0.4, 0.5) is 5.95 Å². The Morgan fingerprint density at radius 2 is 2.43 bits per heavy atom. The van der Waals surface area contributed by atoms with Crippen LogP contribution in [0.2, 0.25) is 0 Å². The van der Waals surface area contributed by atoms with Crippen molar-refractivity contribution in [3.63, 3.8) is 0 Å². The maximum Gasteiger partial charge on any atom is 0.274 e. The van der Waals surface area contributed by atoms with Gasteiger partial charge in [0.2, 0.25) is 5.95 Å². The summed E-state index contributed by atoms with van der Waals surface area (Å²) in [5, 5.41) is 12.5. The number of carbonyl (C=O) groups excluding carboxylic acids is 1. The fourth-order valence-corrected chi connectivity index (χ4v) is 2.99. The molecular weight excluding hydrogens is 272 g/mol. The third-order valence-electron chi connectivity index (χ3n) is 3.83. The molecule has 1 fully saturated rings. The highest BCUT2D eigenvalue weighted by atomic mass is 16.5. The highest BCUT2D eigenvalue weighted by molar-refractivity contribution is 5.92. The average molecular weight is 294 g/mol. The molecule has 7 heteroatoms. The van der Waals surface area contributed by atoms with E-state index in [0.29, 0.717) is 18.8 Å². The summed E-state index contributed by atoms with van der Waals surface area (Å²) in [6, 6.07) is 0. The average Bonchev–Trinajstić information content (AvgIpc) is 2.88. The highest BCUT2D eigenvalue weighted by Crippen LogP contribution is 2.23. The lowest BCUT2D eigenvalue weighted by Crippen LogP contribution is -2.55. The molecule has 1 aromatic heterocycles. The fourth-order valence-electron chi connectivity index (χ4n) is 2.99. The molecule has 0 aromatic carbocycles. The largest absolute Gasteiger partial charge is 0.394 e. The highest BCUT2D eigenvalue weighted by Gasteiger charge is 2.36. The maximum absolute atomic E-state index is 12.7. The van der Waals surface area contributed by atoms with E-state index >= 15 is 0 Å². The number of nitrogens with zero attached hydrogens (tertiary/aromatic N) is 3. The van der Waals surface area contributed by atoms with Crippen LogP contribution in [0.15, 0.2) is 6.20 Å². The van der Waals surface area contributed by atoms with Crippen molar-refractivity contribution < 1.29 is 14.6 Å². The third-order valence-corrected chi connectivity index (χ3v) is 3.83. The van der Waals surface area contributed by atoms with E-state index in [-0.39, 0.29) is 18.6 Å². The molecule has 2 aliphatic rings. The normalized spacial score (nSPS) is 24.3. The van der Waals surface area contributed by atoms with Crippen LogP contribution in [0.3, 0.4) is 0 Å². The van der Waals surface area contributed by atoms with Gasteiger partial charge in [-0.2, -0.15) is 0 Å². The molecule has 7 nitrogen and oxygen atoms in total. The van der Waals surface area contributed by atoms with E-state index in [2.05, 4.69) is 10.3 Å². The number of hydrogen-bond donors (Lipinski definition) is 2. The van der Waals surface area contributed by atoms with Crippen molar-refractivity contribution in [3.05, 3.63) is 11.9 Å². The molecule has 3 rings (SSSR count). The van der Waals surface area contributed by atoms with Crippen LogP contribution in [0.5, 0.6) is 0 Å². The number of aryl methyl sites for hydroxylation is 1. The molecule has 2 N–H and O–H groups in total. The number of anilines is 1. The van der Waals surface area contributed by atoms with Crippen LogP contribution in [0.25, 0.3) is 0 Å². The number of aliphatic hydroxyl groups excluding tert-OH is 1. The molecule has 0 spiro atoms. The van der Waals surface area contributed by atoms with Crippen LogP contribution >= 0.6 is 0 Å². The van der Waals surface area contributed by atoms with Crippen LogP contribution in [0, 0.1) is 0 Å². The molecule has 0 saturated carbocycles. The zero-order chi connectivity index (χ0) is 15.0. The van der Waals surface area contributed by atoms with Gasteiger partial charge >= 0.3 is 0 Å². The van der Waals surface area contributed by atoms with Crippen molar-refractivity contribution in [3.8, 4) is 0 Å². The maximum atomic E-state index is 12.7. The van der Waals surface area contributed by atoms with Gasteiger partial charge in [-0.1, -0.05) is 0 Å². The second-order valence-corrected chi connectivity index (χ2v) is 6.29. The molecule has 0 radical (unpaired) electrons. The molecule has 1 aromatic rings. The third kappa shape index (κ3) is 2.89. The van der Waals surface area contributed by atoms with Crippen LogP contribution in [0.1, 0.15) is 30.8 Å². The summed E-state index contributed by atoms with van der Waals surface area (Å²) in [5.41, 5.74) is -0.00683. The number of amides is 1. The monoisotopic (exact) mass is 294 g/mol. The zero-order valence-electron chi connectivity index (χ0n) is 12.5. The number of nitrogens with one attached hydrogen (secondary N) is 1. The van der Waals surface area contributed by atoms with E-state index in [1.54, 1.807) is 11.1 Å². The fraction of sp³-hybridized carbons (Fsp3) is 0.714. The number of carbonyl (C=O) groups is 1. The van der Waals surface area contributed by atoms with Crippen LogP contribution < -0.4 is 5.32 Å². The minimum atomic E-state index is -0.459. The van der Waals surface area contributed by atoms with Crippen molar-refractivity contribution in [2.24, 2.45) is 0 Å². The number of aliphatic hydroxyl groups is 1. The van der Waals surface area contributed by atoms with Crippen LogP contribution in [-0.2, 0) is 11.3 Å². The van der Waals surface area contributed by atoms with E-state index in [9.17, 15) is 9.90 Å². The minimum absolute atomic E-state index is 0.0888. The Labute approximate surface area is 123 Å². The van der Waals surface area contributed by atoms with Crippen molar-refractivity contribution >= 4 is 11.9 Å². The number of fused-ring (bicyclic) bond motifs is 1.